The Hall–Kier alpha value is -1.51. The Bertz CT molecular complexity index is 407. The van der Waals surface area contributed by atoms with Crippen molar-refractivity contribution in [3.63, 3.8) is 0 Å². The van der Waals surface area contributed by atoms with Gasteiger partial charge in [0.05, 0.1) is 0 Å². The number of rotatable bonds is 1. The Morgan fingerprint density at radius 1 is 1.25 bits per heavy atom. The Morgan fingerprint density at radius 2 is 1.94 bits per heavy atom. The lowest BCUT2D eigenvalue weighted by Crippen LogP contribution is -2.30. The van der Waals surface area contributed by atoms with E-state index in [1.54, 1.807) is 0 Å². The van der Waals surface area contributed by atoms with Crippen LogP contribution in [0, 0.1) is 0 Å². The van der Waals surface area contributed by atoms with E-state index in [-0.39, 0.29) is 11.4 Å². The van der Waals surface area contributed by atoms with Crippen LogP contribution in [-0.4, -0.2) is 19.1 Å². The summed E-state index contributed by atoms with van der Waals surface area (Å²) in [6, 6.07) is 8.14. The third-order valence-corrected chi connectivity index (χ3v) is 2.86. The van der Waals surface area contributed by atoms with Gasteiger partial charge in [-0.25, -0.2) is 4.79 Å². The molecular formula is C13H18N2O. The molecule has 0 unspecified atom stereocenters. The molecule has 1 saturated heterocycles. The number of anilines is 1. The minimum absolute atomic E-state index is 0.0108. The number of carbonyl (C=O) groups excluding carboxylic acids is 1. The average molecular weight is 218 g/mol. The molecule has 2 rings (SSSR count). The molecule has 2 amide bonds. The van der Waals surface area contributed by atoms with E-state index >= 15 is 0 Å². The van der Waals surface area contributed by atoms with Crippen LogP contribution >= 0.6 is 0 Å². The van der Waals surface area contributed by atoms with Crippen LogP contribution in [-0.2, 0) is 5.41 Å². The Balaban J connectivity index is 2.44. The fourth-order valence-corrected chi connectivity index (χ4v) is 2.04. The molecule has 0 spiro atoms. The van der Waals surface area contributed by atoms with Crippen molar-refractivity contribution in [3.8, 4) is 0 Å². The first-order valence-electron chi connectivity index (χ1n) is 5.65. The fourth-order valence-electron chi connectivity index (χ4n) is 2.04. The van der Waals surface area contributed by atoms with Gasteiger partial charge in [-0.05, 0) is 17.0 Å². The van der Waals surface area contributed by atoms with Crippen LogP contribution in [0.25, 0.3) is 0 Å². The summed E-state index contributed by atoms with van der Waals surface area (Å²) in [6.45, 7) is 7.99. The summed E-state index contributed by atoms with van der Waals surface area (Å²) in [5.74, 6) is 0. The second-order valence-corrected chi connectivity index (χ2v) is 5.15. The zero-order valence-electron chi connectivity index (χ0n) is 10.1. The van der Waals surface area contributed by atoms with Crippen molar-refractivity contribution in [1.82, 2.24) is 5.32 Å². The van der Waals surface area contributed by atoms with Gasteiger partial charge in [0.15, 0.2) is 0 Å². The van der Waals surface area contributed by atoms with Crippen LogP contribution in [0.5, 0.6) is 0 Å². The van der Waals surface area contributed by atoms with Crippen LogP contribution < -0.4 is 10.2 Å². The van der Waals surface area contributed by atoms with E-state index in [0.717, 1.165) is 18.8 Å². The van der Waals surface area contributed by atoms with Crippen LogP contribution in [0.4, 0.5) is 10.5 Å². The maximum absolute atomic E-state index is 11.7. The summed E-state index contributed by atoms with van der Waals surface area (Å²) < 4.78 is 0. The van der Waals surface area contributed by atoms with Crippen molar-refractivity contribution in [1.29, 1.82) is 0 Å². The predicted molar refractivity (Wildman–Crippen MR) is 65.9 cm³/mol. The third-order valence-electron chi connectivity index (χ3n) is 2.86. The second-order valence-electron chi connectivity index (χ2n) is 5.15. The SMILES string of the molecule is CC(C)(C)c1ccccc1N1CCNC1=O. The summed E-state index contributed by atoms with van der Waals surface area (Å²) in [4.78, 5) is 13.5. The highest BCUT2D eigenvalue weighted by atomic mass is 16.2. The minimum atomic E-state index is 0.0108. The van der Waals surface area contributed by atoms with Crippen LogP contribution in [0.2, 0.25) is 0 Å². The Labute approximate surface area is 96.5 Å². The summed E-state index contributed by atoms with van der Waals surface area (Å²) in [7, 11) is 0. The molecule has 3 heteroatoms. The number of nitrogens with zero attached hydrogens (tertiary/aromatic N) is 1. The van der Waals surface area contributed by atoms with E-state index in [1.807, 2.05) is 23.1 Å². The molecule has 3 nitrogen and oxygen atoms in total. The topological polar surface area (TPSA) is 32.3 Å². The van der Waals surface area contributed by atoms with Gasteiger partial charge < -0.3 is 5.32 Å². The van der Waals surface area contributed by atoms with Gasteiger partial charge >= 0.3 is 6.03 Å². The molecule has 0 radical (unpaired) electrons. The van der Waals surface area contributed by atoms with Gasteiger partial charge in [-0.3, -0.25) is 4.90 Å². The summed E-state index contributed by atoms with van der Waals surface area (Å²) in [5, 5.41) is 2.83. The van der Waals surface area contributed by atoms with Gasteiger partial charge in [-0.1, -0.05) is 39.0 Å². The van der Waals surface area contributed by atoms with Gasteiger partial charge in [0.1, 0.15) is 0 Å². The van der Waals surface area contributed by atoms with E-state index < -0.39 is 0 Å². The van der Waals surface area contributed by atoms with E-state index in [9.17, 15) is 4.79 Å². The number of urea groups is 1. The molecule has 16 heavy (non-hydrogen) atoms. The molecule has 1 aliphatic heterocycles. The first kappa shape index (κ1) is 11.0. The predicted octanol–water partition coefficient (Wildman–Crippen LogP) is 2.51. The first-order chi connectivity index (χ1) is 7.50. The number of amides is 2. The van der Waals surface area contributed by atoms with Crippen molar-refractivity contribution >= 4 is 11.7 Å². The van der Waals surface area contributed by atoms with Gasteiger partial charge in [-0.15, -0.1) is 0 Å². The fraction of sp³-hybridized carbons (Fsp3) is 0.462. The van der Waals surface area contributed by atoms with Crippen LogP contribution in [0.1, 0.15) is 26.3 Å². The summed E-state index contributed by atoms with van der Waals surface area (Å²) in [6.07, 6.45) is 0. The maximum Gasteiger partial charge on any atom is 0.322 e. The van der Waals surface area contributed by atoms with Crippen LogP contribution in [0.3, 0.4) is 0 Å². The molecule has 0 aromatic heterocycles. The third kappa shape index (κ3) is 1.90. The van der Waals surface area contributed by atoms with E-state index in [1.165, 1.54) is 5.56 Å². The van der Waals surface area contributed by atoms with Crippen molar-refractivity contribution in [2.75, 3.05) is 18.0 Å². The zero-order valence-corrected chi connectivity index (χ0v) is 10.1. The van der Waals surface area contributed by atoms with Crippen molar-refractivity contribution < 1.29 is 4.79 Å². The molecule has 1 heterocycles. The molecule has 1 fully saturated rings. The number of hydrogen-bond acceptors (Lipinski definition) is 1. The molecule has 0 aliphatic carbocycles. The lowest BCUT2D eigenvalue weighted by molar-refractivity contribution is 0.252. The number of nitrogens with one attached hydrogen (secondary N) is 1. The smallest absolute Gasteiger partial charge is 0.322 e. The van der Waals surface area contributed by atoms with Crippen molar-refractivity contribution in [3.05, 3.63) is 29.8 Å². The molecule has 1 aliphatic rings. The first-order valence-corrected chi connectivity index (χ1v) is 5.65. The highest BCUT2D eigenvalue weighted by Gasteiger charge is 2.26. The number of hydrogen-bond donors (Lipinski definition) is 1. The van der Waals surface area contributed by atoms with Crippen molar-refractivity contribution in [2.24, 2.45) is 0 Å². The number of benzene rings is 1. The molecule has 1 N–H and O–H groups in total. The number of carbonyl (C=O) groups is 1. The highest BCUT2D eigenvalue weighted by Crippen LogP contribution is 2.32. The monoisotopic (exact) mass is 218 g/mol. The summed E-state index contributed by atoms with van der Waals surface area (Å²) in [5.41, 5.74) is 2.30. The molecular weight excluding hydrogens is 200 g/mol. The van der Waals surface area contributed by atoms with Crippen LogP contribution in [0.15, 0.2) is 24.3 Å². The van der Waals surface area contributed by atoms with Crippen molar-refractivity contribution in [2.45, 2.75) is 26.2 Å². The lowest BCUT2D eigenvalue weighted by Gasteiger charge is -2.26. The maximum atomic E-state index is 11.7. The molecule has 1 aromatic carbocycles. The molecule has 0 bridgehead atoms. The molecule has 1 aromatic rings. The Morgan fingerprint density at radius 3 is 2.50 bits per heavy atom. The lowest BCUT2D eigenvalue weighted by atomic mass is 9.85. The highest BCUT2D eigenvalue weighted by molar-refractivity contribution is 5.95. The zero-order chi connectivity index (χ0) is 11.8. The quantitative estimate of drug-likeness (QED) is 0.771. The average Bonchev–Trinajstić information content (AvgIpc) is 2.63. The second kappa shape index (κ2) is 3.81. The van der Waals surface area contributed by atoms with E-state index in [0.29, 0.717) is 0 Å². The molecule has 0 saturated carbocycles. The van der Waals surface area contributed by atoms with E-state index in [4.69, 9.17) is 0 Å². The van der Waals surface area contributed by atoms with Gasteiger partial charge in [0.25, 0.3) is 0 Å². The largest absolute Gasteiger partial charge is 0.336 e. The number of para-hydroxylation sites is 1. The standard InChI is InChI=1S/C13H18N2O/c1-13(2,3)10-6-4-5-7-11(10)15-9-8-14-12(15)16/h4-7H,8-9H2,1-3H3,(H,14,16). The minimum Gasteiger partial charge on any atom is -0.336 e. The normalized spacial score (nSPS) is 16.4. The van der Waals surface area contributed by atoms with E-state index in [2.05, 4.69) is 32.2 Å². The Kier molecular flexibility index (Phi) is 2.62. The summed E-state index contributed by atoms with van der Waals surface area (Å²) >= 11 is 0. The van der Waals surface area contributed by atoms with Gasteiger partial charge in [-0.2, -0.15) is 0 Å². The van der Waals surface area contributed by atoms with Gasteiger partial charge in [0, 0.05) is 18.8 Å². The van der Waals surface area contributed by atoms with Gasteiger partial charge in [0.2, 0.25) is 0 Å². The molecule has 86 valence electrons. The molecule has 0 atom stereocenters.